The van der Waals surface area contributed by atoms with Crippen LogP contribution in [-0.4, -0.2) is 29.6 Å². The monoisotopic (exact) mass is 317 g/mol. The Hall–Kier alpha value is -2.54. The van der Waals surface area contributed by atoms with Gasteiger partial charge in [0.05, 0.1) is 11.5 Å². The Balaban J connectivity index is 1.81. The van der Waals surface area contributed by atoms with E-state index in [0.29, 0.717) is 31.1 Å². The molecule has 0 aliphatic carbocycles. The maximum absolute atomic E-state index is 13.4. The first-order valence-corrected chi connectivity index (χ1v) is 7.27. The number of anilines is 1. The van der Waals surface area contributed by atoms with Crippen molar-refractivity contribution in [1.29, 1.82) is 0 Å². The highest BCUT2D eigenvalue weighted by Crippen LogP contribution is 2.27. The number of morpholine rings is 1. The van der Waals surface area contributed by atoms with E-state index in [1.165, 1.54) is 18.3 Å². The van der Waals surface area contributed by atoms with Crippen LogP contribution >= 0.6 is 0 Å². The average Bonchev–Trinajstić information content (AvgIpc) is 2.54. The van der Waals surface area contributed by atoms with Crippen LogP contribution in [0.1, 0.15) is 17.2 Å². The third-order valence-electron chi connectivity index (χ3n) is 3.88. The summed E-state index contributed by atoms with van der Waals surface area (Å²) in [7, 11) is 0. The number of hydrogen-bond donors (Lipinski definition) is 0. The second-order valence-corrected chi connectivity index (χ2v) is 5.45. The van der Waals surface area contributed by atoms with Gasteiger partial charge in [0, 0.05) is 18.7 Å². The maximum Gasteiger partial charge on any atom is 0.290 e. The van der Waals surface area contributed by atoms with Crippen LogP contribution in [-0.2, 0) is 4.74 Å². The van der Waals surface area contributed by atoms with Crippen LogP contribution in [0.3, 0.4) is 0 Å². The van der Waals surface area contributed by atoms with Gasteiger partial charge in [-0.05, 0) is 30.7 Å². The Morgan fingerprint density at radius 3 is 2.96 bits per heavy atom. The Kier molecular flexibility index (Phi) is 4.20. The topological polar surface area (TPSA) is 68.5 Å². The van der Waals surface area contributed by atoms with E-state index in [4.69, 9.17) is 4.74 Å². The minimum atomic E-state index is -0.443. The predicted octanol–water partition coefficient (Wildman–Crippen LogP) is 3.02. The van der Waals surface area contributed by atoms with Crippen molar-refractivity contribution >= 4 is 11.5 Å². The van der Waals surface area contributed by atoms with Crippen LogP contribution in [0.15, 0.2) is 36.5 Å². The smallest absolute Gasteiger partial charge is 0.290 e. The number of aromatic nitrogens is 1. The van der Waals surface area contributed by atoms with Crippen molar-refractivity contribution in [3.63, 3.8) is 0 Å². The molecule has 0 spiro atoms. The number of hydrogen-bond acceptors (Lipinski definition) is 5. The summed E-state index contributed by atoms with van der Waals surface area (Å²) in [6.45, 7) is 3.33. The molecule has 0 N–H and O–H groups in total. The van der Waals surface area contributed by atoms with Crippen LogP contribution in [0, 0.1) is 22.9 Å². The van der Waals surface area contributed by atoms with Crippen LogP contribution in [0.4, 0.5) is 15.9 Å². The minimum Gasteiger partial charge on any atom is -0.370 e. The zero-order chi connectivity index (χ0) is 16.4. The molecule has 0 saturated carbocycles. The Labute approximate surface area is 132 Å². The number of benzene rings is 1. The number of rotatable bonds is 3. The fourth-order valence-electron chi connectivity index (χ4n) is 2.66. The van der Waals surface area contributed by atoms with E-state index in [2.05, 4.69) is 4.98 Å². The molecule has 6 nitrogen and oxygen atoms in total. The lowest BCUT2D eigenvalue weighted by atomic mass is 10.1. The highest BCUT2D eigenvalue weighted by molar-refractivity contribution is 5.49. The third-order valence-corrected chi connectivity index (χ3v) is 3.88. The summed E-state index contributed by atoms with van der Waals surface area (Å²) < 4.78 is 19.1. The molecule has 120 valence electrons. The Bertz CT molecular complexity index is 738. The number of nitrogens with zero attached hydrogens (tertiary/aromatic N) is 3. The van der Waals surface area contributed by atoms with Crippen LogP contribution in [0.2, 0.25) is 0 Å². The molecule has 1 aromatic carbocycles. The van der Waals surface area contributed by atoms with Gasteiger partial charge in [-0.2, -0.15) is 0 Å². The molecule has 1 unspecified atom stereocenters. The lowest BCUT2D eigenvalue weighted by Crippen LogP contribution is -2.38. The first-order valence-electron chi connectivity index (χ1n) is 7.27. The van der Waals surface area contributed by atoms with Gasteiger partial charge in [0.15, 0.2) is 0 Å². The average molecular weight is 317 g/mol. The number of halogens is 1. The van der Waals surface area contributed by atoms with Gasteiger partial charge in [0.2, 0.25) is 0 Å². The molecule has 1 aliphatic rings. The fourth-order valence-corrected chi connectivity index (χ4v) is 2.66. The summed E-state index contributed by atoms with van der Waals surface area (Å²) in [4.78, 5) is 16.6. The van der Waals surface area contributed by atoms with E-state index in [1.807, 2.05) is 11.0 Å². The summed E-state index contributed by atoms with van der Waals surface area (Å²) in [5, 5.41) is 10.9. The molecule has 0 bridgehead atoms. The summed E-state index contributed by atoms with van der Waals surface area (Å²) in [5.41, 5.74) is 1.34. The molecule has 2 aromatic rings. The van der Waals surface area contributed by atoms with Gasteiger partial charge in [0.25, 0.3) is 5.69 Å². The SMILES string of the molecule is Cc1cc(N2CCOC(c3cccc(F)c3)C2)ncc1[N+](=O)[O-]. The van der Waals surface area contributed by atoms with Crippen molar-refractivity contribution in [3.05, 3.63) is 63.6 Å². The standard InChI is InChI=1S/C16H16FN3O3/c1-11-7-16(18-9-14(11)20(21)22)19-5-6-23-15(10-19)12-3-2-4-13(17)8-12/h2-4,7-9,15H,5-6,10H2,1H3. The first kappa shape index (κ1) is 15.4. The number of aryl methyl sites for hydroxylation is 1. The zero-order valence-corrected chi connectivity index (χ0v) is 12.6. The van der Waals surface area contributed by atoms with E-state index < -0.39 is 4.92 Å². The molecule has 0 radical (unpaired) electrons. The molecule has 7 heteroatoms. The molecule has 3 rings (SSSR count). The van der Waals surface area contributed by atoms with E-state index >= 15 is 0 Å². The van der Waals surface area contributed by atoms with Crippen LogP contribution in [0.25, 0.3) is 0 Å². The largest absolute Gasteiger partial charge is 0.370 e. The fraction of sp³-hybridized carbons (Fsp3) is 0.312. The van der Waals surface area contributed by atoms with Crippen molar-refractivity contribution in [2.24, 2.45) is 0 Å². The lowest BCUT2D eigenvalue weighted by Gasteiger charge is -2.34. The summed E-state index contributed by atoms with van der Waals surface area (Å²) in [6, 6.07) is 8.03. The second kappa shape index (κ2) is 6.29. The van der Waals surface area contributed by atoms with Crippen molar-refractivity contribution in [2.75, 3.05) is 24.6 Å². The van der Waals surface area contributed by atoms with Crippen molar-refractivity contribution in [1.82, 2.24) is 4.98 Å². The molecule has 1 aliphatic heterocycles. The van der Waals surface area contributed by atoms with Crippen molar-refractivity contribution in [2.45, 2.75) is 13.0 Å². The predicted molar refractivity (Wildman–Crippen MR) is 82.9 cm³/mol. The molecule has 23 heavy (non-hydrogen) atoms. The van der Waals surface area contributed by atoms with Crippen LogP contribution in [0.5, 0.6) is 0 Å². The van der Waals surface area contributed by atoms with Gasteiger partial charge < -0.3 is 9.64 Å². The quantitative estimate of drug-likeness (QED) is 0.643. The second-order valence-electron chi connectivity index (χ2n) is 5.45. The number of nitro groups is 1. The van der Waals surface area contributed by atoms with Crippen LogP contribution < -0.4 is 4.90 Å². The molecule has 1 fully saturated rings. The highest BCUT2D eigenvalue weighted by Gasteiger charge is 2.24. The number of pyridine rings is 1. The Morgan fingerprint density at radius 2 is 2.26 bits per heavy atom. The van der Waals surface area contributed by atoms with Gasteiger partial charge >= 0.3 is 0 Å². The molecule has 1 aromatic heterocycles. The normalized spacial score (nSPS) is 18.0. The molecule has 2 heterocycles. The highest BCUT2D eigenvalue weighted by atomic mass is 19.1. The summed E-state index contributed by atoms with van der Waals surface area (Å²) in [5.74, 6) is 0.366. The van der Waals surface area contributed by atoms with Gasteiger partial charge in [-0.25, -0.2) is 9.37 Å². The van der Waals surface area contributed by atoms with Gasteiger partial charge in [-0.3, -0.25) is 10.1 Å². The van der Waals surface area contributed by atoms with Crippen molar-refractivity contribution in [3.8, 4) is 0 Å². The summed E-state index contributed by atoms with van der Waals surface area (Å²) >= 11 is 0. The van der Waals surface area contributed by atoms with Crippen molar-refractivity contribution < 1.29 is 14.1 Å². The lowest BCUT2D eigenvalue weighted by molar-refractivity contribution is -0.385. The van der Waals surface area contributed by atoms with E-state index in [1.54, 1.807) is 19.1 Å². The molecular formula is C16H16FN3O3. The van der Waals surface area contributed by atoms with E-state index in [-0.39, 0.29) is 17.6 Å². The molecule has 1 saturated heterocycles. The zero-order valence-electron chi connectivity index (χ0n) is 12.6. The molecule has 1 atom stereocenters. The Morgan fingerprint density at radius 1 is 1.43 bits per heavy atom. The summed E-state index contributed by atoms with van der Waals surface area (Å²) in [6.07, 6.45) is 1.02. The number of ether oxygens (including phenoxy) is 1. The minimum absolute atomic E-state index is 0.00342. The molecular weight excluding hydrogens is 301 g/mol. The van der Waals surface area contributed by atoms with Gasteiger partial charge in [-0.1, -0.05) is 12.1 Å². The van der Waals surface area contributed by atoms with Gasteiger partial charge in [0.1, 0.15) is 23.9 Å². The van der Waals surface area contributed by atoms with E-state index in [9.17, 15) is 14.5 Å². The molecule has 0 amide bonds. The van der Waals surface area contributed by atoms with Gasteiger partial charge in [-0.15, -0.1) is 0 Å². The third kappa shape index (κ3) is 3.29. The maximum atomic E-state index is 13.4. The van der Waals surface area contributed by atoms with E-state index in [0.717, 1.165) is 5.56 Å². The first-order chi connectivity index (χ1) is 11.0.